The third-order valence-corrected chi connectivity index (χ3v) is 4.27. The van der Waals surface area contributed by atoms with Crippen molar-refractivity contribution in [1.82, 2.24) is 9.38 Å². The van der Waals surface area contributed by atoms with Gasteiger partial charge in [0.05, 0.1) is 11.4 Å². The van der Waals surface area contributed by atoms with E-state index in [1.807, 2.05) is 35.0 Å². The number of nitrogens with zero attached hydrogens (tertiary/aromatic N) is 2. The molecule has 0 spiro atoms. The van der Waals surface area contributed by atoms with Crippen molar-refractivity contribution in [2.24, 2.45) is 0 Å². The van der Waals surface area contributed by atoms with E-state index in [2.05, 4.69) is 10.3 Å². The van der Waals surface area contributed by atoms with Crippen LogP contribution in [-0.2, 0) is 6.61 Å². The van der Waals surface area contributed by atoms with Gasteiger partial charge in [-0.2, -0.15) is 0 Å². The molecule has 0 radical (unpaired) electrons. The molecule has 0 fully saturated rings. The van der Waals surface area contributed by atoms with E-state index in [4.69, 9.17) is 4.74 Å². The third kappa shape index (κ3) is 3.86. The van der Waals surface area contributed by atoms with Gasteiger partial charge < -0.3 is 14.5 Å². The number of rotatable bonds is 5. The van der Waals surface area contributed by atoms with Crippen molar-refractivity contribution in [2.45, 2.75) is 13.5 Å². The lowest BCUT2D eigenvalue weighted by Crippen LogP contribution is -2.13. The van der Waals surface area contributed by atoms with Gasteiger partial charge in [-0.3, -0.25) is 4.79 Å². The molecular weight excluding hydrogens is 357 g/mol. The number of aromatic nitrogens is 2. The zero-order chi connectivity index (χ0) is 19.5. The summed E-state index contributed by atoms with van der Waals surface area (Å²) >= 11 is 0. The molecule has 0 saturated heterocycles. The lowest BCUT2D eigenvalue weighted by atomic mass is 10.1. The highest BCUT2D eigenvalue weighted by atomic mass is 19.1. The van der Waals surface area contributed by atoms with Crippen LogP contribution in [0.3, 0.4) is 0 Å². The summed E-state index contributed by atoms with van der Waals surface area (Å²) in [6, 6.07) is 17.2. The van der Waals surface area contributed by atoms with Gasteiger partial charge in [-0.05, 0) is 55.0 Å². The van der Waals surface area contributed by atoms with Crippen molar-refractivity contribution in [3.63, 3.8) is 0 Å². The minimum atomic E-state index is -0.465. The molecule has 4 rings (SSSR count). The zero-order valence-electron chi connectivity index (χ0n) is 15.2. The van der Waals surface area contributed by atoms with Crippen molar-refractivity contribution in [2.75, 3.05) is 5.32 Å². The minimum Gasteiger partial charge on any atom is -0.487 e. The van der Waals surface area contributed by atoms with Gasteiger partial charge in [0, 0.05) is 18.0 Å². The maximum atomic E-state index is 14.0. The number of pyridine rings is 1. The molecule has 0 aliphatic carbocycles. The molecule has 0 saturated carbocycles. The first-order chi connectivity index (χ1) is 13.6. The minimum absolute atomic E-state index is 0.145. The molecule has 0 aliphatic rings. The molecule has 0 atom stereocenters. The number of anilines is 1. The average molecular weight is 375 g/mol. The zero-order valence-corrected chi connectivity index (χ0v) is 15.2. The Bertz CT molecular complexity index is 1120. The summed E-state index contributed by atoms with van der Waals surface area (Å²) in [5, 5.41) is 2.59. The van der Waals surface area contributed by atoms with Crippen molar-refractivity contribution < 1.29 is 13.9 Å². The number of aryl methyl sites for hydroxylation is 1. The van der Waals surface area contributed by atoms with Crippen LogP contribution in [0.2, 0.25) is 0 Å². The predicted octanol–water partition coefficient (Wildman–Crippen LogP) is 4.61. The van der Waals surface area contributed by atoms with Crippen LogP contribution >= 0.6 is 0 Å². The first-order valence-corrected chi connectivity index (χ1v) is 8.81. The normalized spacial score (nSPS) is 10.8. The first kappa shape index (κ1) is 17.7. The first-order valence-electron chi connectivity index (χ1n) is 8.81. The summed E-state index contributed by atoms with van der Waals surface area (Å²) in [5.41, 5.74) is 2.94. The summed E-state index contributed by atoms with van der Waals surface area (Å²) in [6.07, 6.45) is 3.81. The molecule has 0 bridgehead atoms. The van der Waals surface area contributed by atoms with E-state index in [1.165, 1.54) is 6.07 Å². The standard InChI is InChI=1S/C22H18FN3O2/c1-15-8-9-20(19(23)11-15)25-22(27)16-5-4-6-18(12-16)28-14-17-13-26-10-3-2-7-21(26)24-17/h2-13H,14H2,1H3,(H,25,27). The maximum absolute atomic E-state index is 14.0. The van der Waals surface area contributed by atoms with Gasteiger partial charge >= 0.3 is 0 Å². The SMILES string of the molecule is Cc1ccc(NC(=O)c2cccc(OCc3cn4ccccc4n3)c2)c(F)c1. The Hall–Kier alpha value is -3.67. The summed E-state index contributed by atoms with van der Waals surface area (Å²) in [5.74, 6) is -0.331. The number of halogens is 1. The lowest BCUT2D eigenvalue weighted by molar-refractivity contribution is 0.102. The van der Waals surface area contributed by atoms with E-state index in [9.17, 15) is 9.18 Å². The number of benzene rings is 2. The van der Waals surface area contributed by atoms with E-state index < -0.39 is 11.7 Å². The molecule has 4 aromatic rings. The van der Waals surface area contributed by atoms with Gasteiger partial charge in [0.1, 0.15) is 23.8 Å². The lowest BCUT2D eigenvalue weighted by Gasteiger charge is -2.09. The summed E-state index contributed by atoms with van der Waals surface area (Å²) < 4.78 is 21.6. The van der Waals surface area contributed by atoms with E-state index >= 15 is 0 Å². The number of imidazole rings is 1. The van der Waals surface area contributed by atoms with Crippen LogP contribution in [0, 0.1) is 12.7 Å². The Morgan fingerprint density at radius 2 is 2.04 bits per heavy atom. The van der Waals surface area contributed by atoms with Gasteiger partial charge in [0.2, 0.25) is 0 Å². The van der Waals surface area contributed by atoms with Gasteiger partial charge in [-0.15, -0.1) is 0 Å². The number of amides is 1. The van der Waals surface area contributed by atoms with Gasteiger partial charge in [0.25, 0.3) is 5.91 Å². The second-order valence-corrected chi connectivity index (χ2v) is 6.45. The maximum Gasteiger partial charge on any atom is 0.255 e. The van der Waals surface area contributed by atoms with Crippen LogP contribution in [0.4, 0.5) is 10.1 Å². The van der Waals surface area contributed by atoms with Crippen molar-refractivity contribution in [3.05, 3.63) is 95.7 Å². The van der Waals surface area contributed by atoms with E-state index in [0.717, 1.165) is 16.9 Å². The average Bonchev–Trinajstić information content (AvgIpc) is 3.12. The van der Waals surface area contributed by atoms with Crippen LogP contribution in [0.5, 0.6) is 5.75 Å². The van der Waals surface area contributed by atoms with Crippen LogP contribution < -0.4 is 10.1 Å². The highest BCUT2D eigenvalue weighted by molar-refractivity contribution is 6.04. The second-order valence-electron chi connectivity index (χ2n) is 6.45. The largest absolute Gasteiger partial charge is 0.487 e. The fourth-order valence-electron chi connectivity index (χ4n) is 2.86. The van der Waals surface area contributed by atoms with Gasteiger partial charge in [0.15, 0.2) is 0 Å². The van der Waals surface area contributed by atoms with Crippen molar-refractivity contribution >= 4 is 17.2 Å². The van der Waals surface area contributed by atoms with Gasteiger partial charge in [-0.25, -0.2) is 9.37 Å². The molecule has 1 amide bonds. The number of hydrogen-bond acceptors (Lipinski definition) is 3. The fraction of sp³-hybridized carbons (Fsp3) is 0.0909. The molecule has 140 valence electrons. The number of fused-ring (bicyclic) bond motifs is 1. The monoisotopic (exact) mass is 375 g/mol. The van der Waals surface area contributed by atoms with Crippen LogP contribution in [0.1, 0.15) is 21.6 Å². The summed E-state index contributed by atoms with van der Waals surface area (Å²) in [4.78, 5) is 16.9. The van der Waals surface area contributed by atoms with Crippen molar-refractivity contribution in [3.8, 4) is 5.75 Å². The van der Waals surface area contributed by atoms with E-state index in [1.54, 1.807) is 43.3 Å². The molecule has 1 N–H and O–H groups in total. The molecule has 2 aromatic heterocycles. The molecule has 2 heterocycles. The molecule has 2 aromatic carbocycles. The Morgan fingerprint density at radius 3 is 2.86 bits per heavy atom. The van der Waals surface area contributed by atoms with Crippen LogP contribution in [0.15, 0.2) is 73.1 Å². The topological polar surface area (TPSA) is 55.6 Å². The molecule has 6 heteroatoms. The second kappa shape index (κ2) is 7.52. The number of ether oxygens (including phenoxy) is 1. The third-order valence-electron chi connectivity index (χ3n) is 4.27. The number of carbonyl (C=O) groups excluding carboxylic acids is 1. The Kier molecular flexibility index (Phi) is 4.76. The van der Waals surface area contributed by atoms with Crippen LogP contribution in [0.25, 0.3) is 5.65 Å². The predicted molar refractivity (Wildman–Crippen MR) is 105 cm³/mol. The number of hydrogen-bond donors (Lipinski definition) is 1. The Balaban J connectivity index is 1.45. The number of carbonyl (C=O) groups is 1. The smallest absolute Gasteiger partial charge is 0.255 e. The molecule has 0 unspecified atom stereocenters. The summed E-state index contributed by atoms with van der Waals surface area (Å²) in [7, 11) is 0. The highest BCUT2D eigenvalue weighted by Crippen LogP contribution is 2.19. The molecule has 28 heavy (non-hydrogen) atoms. The number of nitrogens with one attached hydrogen (secondary N) is 1. The van der Waals surface area contributed by atoms with Gasteiger partial charge in [-0.1, -0.05) is 18.2 Å². The highest BCUT2D eigenvalue weighted by Gasteiger charge is 2.11. The van der Waals surface area contributed by atoms with E-state index in [-0.39, 0.29) is 12.3 Å². The van der Waals surface area contributed by atoms with E-state index in [0.29, 0.717) is 11.3 Å². The molecule has 5 nitrogen and oxygen atoms in total. The quantitative estimate of drug-likeness (QED) is 0.554. The Morgan fingerprint density at radius 1 is 1.14 bits per heavy atom. The summed E-state index contributed by atoms with van der Waals surface area (Å²) in [6.45, 7) is 2.07. The fourth-order valence-corrected chi connectivity index (χ4v) is 2.86. The van der Waals surface area contributed by atoms with Crippen LogP contribution in [-0.4, -0.2) is 15.3 Å². The molecule has 0 aliphatic heterocycles. The molecular formula is C22H18FN3O2. The Labute approximate surface area is 161 Å². The van der Waals surface area contributed by atoms with Crippen molar-refractivity contribution in [1.29, 1.82) is 0 Å².